The van der Waals surface area contributed by atoms with E-state index in [0.717, 1.165) is 30.4 Å². The second-order valence-corrected chi connectivity index (χ2v) is 8.42. The Morgan fingerprint density at radius 2 is 1.62 bits per heavy atom. The molecule has 2 amide bonds. The fourth-order valence-corrected chi connectivity index (χ4v) is 4.56. The first-order valence-corrected chi connectivity index (χ1v) is 10.7. The molecule has 4 rings (SSSR count). The third kappa shape index (κ3) is 4.75. The number of alkyl carbamates (subject to hydrolysis) is 1. The summed E-state index contributed by atoms with van der Waals surface area (Å²) in [5.74, 6) is -1.58. The average molecular weight is 438 g/mol. The molecule has 0 aromatic heterocycles. The van der Waals surface area contributed by atoms with Crippen molar-refractivity contribution in [2.75, 3.05) is 19.8 Å². The zero-order chi connectivity index (χ0) is 22.6. The molecule has 0 aliphatic heterocycles. The Hall–Kier alpha value is -3.39. The Bertz CT molecular complexity index is 972. The van der Waals surface area contributed by atoms with Gasteiger partial charge in [0, 0.05) is 18.9 Å². The molecule has 8 heteroatoms. The van der Waals surface area contributed by atoms with Crippen LogP contribution in [0.2, 0.25) is 0 Å². The van der Waals surface area contributed by atoms with Crippen LogP contribution in [0, 0.1) is 5.41 Å². The molecule has 0 atom stereocenters. The fourth-order valence-electron chi connectivity index (χ4n) is 4.56. The van der Waals surface area contributed by atoms with Crippen molar-refractivity contribution in [3.05, 3.63) is 59.7 Å². The van der Waals surface area contributed by atoms with Gasteiger partial charge in [-0.2, -0.15) is 0 Å². The first kappa shape index (κ1) is 21.8. The van der Waals surface area contributed by atoms with Crippen LogP contribution in [-0.2, 0) is 19.2 Å². The van der Waals surface area contributed by atoms with Gasteiger partial charge in [-0.1, -0.05) is 55.0 Å². The van der Waals surface area contributed by atoms with Gasteiger partial charge >= 0.3 is 12.1 Å². The highest BCUT2D eigenvalue weighted by Crippen LogP contribution is 2.45. The number of hydrogen-bond donors (Lipinski definition) is 3. The molecular weight excluding hydrogens is 412 g/mol. The molecule has 2 aliphatic carbocycles. The Morgan fingerprint density at radius 1 is 1.00 bits per heavy atom. The number of ether oxygens (including phenoxy) is 1. The smallest absolute Gasteiger partial charge is 0.407 e. The summed E-state index contributed by atoms with van der Waals surface area (Å²) in [4.78, 5) is 39.6. The monoisotopic (exact) mass is 438 g/mol. The molecule has 0 unspecified atom stereocenters. The number of hydrogen-bond acceptors (Lipinski definition) is 5. The van der Waals surface area contributed by atoms with Crippen molar-refractivity contribution < 1.29 is 29.1 Å². The summed E-state index contributed by atoms with van der Waals surface area (Å²) in [5.41, 5.74) is 6.42. The highest BCUT2D eigenvalue weighted by atomic mass is 16.7. The number of aliphatic carboxylic acids is 1. The molecule has 3 N–H and O–H groups in total. The predicted molar refractivity (Wildman–Crippen MR) is 116 cm³/mol. The molecule has 0 bridgehead atoms. The van der Waals surface area contributed by atoms with Gasteiger partial charge in [0.15, 0.2) is 6.61 Å². The van der Waals surface area contributed by atoms with Gasteiger partial charge in [-0.25, -0.2) is 15.1 Å². The second kappa shape index (κ2) is 9.40. The van der Waals surface area contributed by atoms with Crippen LogP contribution < -0.4 is 10.8 Å². The van der Waals surface area contributed by atoms with Gasteiger partial charge in [0.2, 0.25) is 5.91 Å². The Morgan fingerprint density at radius 3 is 2.19 bits per heavy atom. The minimum atomic E-state index is -1.17. The minimum Gasteiger partial charge on any atom is -0.479 e. The van der Waals surface area contributed by atoms with Crippen LogP contribution in [-0.4, -0.2) is 42.8 Å². The van der Waals surface area contributed by atoms with Crippen molar-refractivity contribution in [1.82, 2.24) is 10.8 Å². The molecule has 32 heavy (non-hydrogen) atoms. The lowest BCUT2D eigenvalue weighted by Gasteiger charge is -2.41. The molecule has 1 fully saturated rings. The molecule has 0 saturated heterocycles. The molecule has 168 valence electrons. The number of fused-ring (bicyclic) bond motifs is 3. The lowest BCUT2D eigenvalue weighted by molar-refractivity contribution is -0.150. The van der Waals surface area contributed by atoms with Crippen molar-refractivity contribution in [2.45, 2.75) is 31.6 Å². The second-order valence-electron chi connectivity index (χ2n) is 8.42. The average Bonchev–Trinajstić information content (AvgIpc) is 3.07. The minimum absolute atomic E-state index is 0.0111. The number of carboxylic acids is 1. The zero-order valence-electron chi connectivity index (χ0n) is 17.6. The van der Waals surface area contributed by atoms with Crippen molar-refractivity contribution >= 4 is 18.0 Å². The van der Waals surface area contributed by atoms with E-state index in [1.807, 2.05) is 24.3 Å². The maximum atomic E-state index is 12.4. The Kier molecular flexibility index (Phi) is 6.41. The lowest BCUT2D eigenvalue weighted by Crippen LogP contribution is -2.45. The number of carbonyl (C=O) groups is 3. The number of carboxylic acid groups (broad SMARTS) is 1. The number of benzene rings is 2. The first-order chi connectivity index (χ1) is 15.5. The quantitative estimate of drug-likeness (QED) is 0.518. The number of carbonyl (C=O) groups excluding carboxylic acids is 2. The number of nitrogens with one attached hydrogen (secondary N) is 2. The number of hydroxylamine groups is 1. The highest BCUT2D eigenvalue weighted by molar-refractivity contribution is 5.79. The topological polar surface area (TPSA) is 114 Å². The third-order valence-corrected chi connectivity index (χ3v) is 6.28. The van der Waals surface area contributed by atoms with Crippen molar-refractivity contribution in [2.24, 2.45) is 5.41 Å². The van der Waals surface area contributed by atoms with E-state index in [-0.39, 0.29) is 24.4 Å². The number of amides is 2. The van der Waals surface area contributed by atoms with Gasteiger partial charge in [-0.3, -0.25) is 9.63 Å². The molecular formula is C24H26N2O6. The number of rotatable bonds is 9. The van der Waals surface area contributed by atoms with Crippen molar-refractivity contribution in [3.8, 4) is 11.1 Å². The molecule has 2 aliphatic rings. The van der Waals surface area contributed by atoms with Crippen LogP contribution in [0.1, 0.15) is 42.7 Å². The Balaban J connectivity index is 1.29. The molecule has 0 spiro atoms. The first-order valence-electron chi connectivity index (χ1n) is 10.7. The molecule has 2 aromatic carbocycles. The van der Waals surface area contributed by atoms with E-state index in [1.165, 1.54) is 11.1 Å². The molecule has 1 saturated carbocycles. The summed E-state index contributed by atoms with van der Waals surface area (Å²) < 4.78 is 5.56. The van der Waals surface area contributed by atoms with E-state index in [0.29, 0.717) is 6.54 Å². The van der Waals surface area contributed by atoms with Gasteiger partial charge < -0.3 is 15.2 Å². The van der Waals surface area contributed by atoms with E-state index in [1.54, 1.807) is 0 Å². The molecule has 8 nitrogen and oxygen atoms in total. The Labute approximate surface area is 185 Å². The third-order valence-electron chi connectivity index (χ3n) is 6.28. The van der Waals surface area contributed by atoms with Crippen LogP contribution in [0.25, 0.3) is 11.1 Å². The van der Waals surface area contributed by atoms with Crippen LogP contribution in [0.4, 0.5) is 4.79 Å². The standard InChI is InChI=1S/C24H26N2O6/c27-21(26-32-14-22(28)29)12-24(10-5-11-24)15-25-23(30)31-13-20-18-8-3-1-6-16(18)17-7-2-4-9-19(17)20/h1-4,6-9,20H,5,10-15H2,(H,25,30)(H,26,27)(H,28,29). The lowest BCUT2D eigenvalue weighted by atomic mass is 9.66. The normalized spacial score (nSPS) is 15.8. The van der Waals surface area contributed by atoms with Crippen LogP contribution in [0.3, 0.4) is 0 Å². The molecule has 2 aromatic rings. The van der Waals surface area contributed by atoms with E-state index < -0.39 is 24.6 Å². The van der Waals surface area contributed by atoms with Gasteiger partial charge in [0.05, 0.1) is 0 Å². The highest BCUT2D eigenvalue weighted by Gasteiger charge is 2.39. The summed E-state index contributed by atoms with van der Waals surface area (Å²) in [6, 6.07) is 16.3. The van der Waals surface area contributed by atoms with Crippen molar-refractivity contribution in [3.63, 3.8) is 0 Å². The van der Waals surface area contributed by atoms with E-state index in [9.17, 15) is 14.4 Å². The van der Waals surface area contributed by atoms with Crippen LogP contribution >= 0.6 is 0 Å². The van der Waals surface area contributed by atoms with Crippen LogP contribution in [0.15, 0.2) is 48.5 Å². The maximum absolute atomic E-state index is 12.4. The van der Waals surface area contributed by atoms with E-state index in [2.05, 4.69) is 39.9 Å². The van der Waals surface area contributed by atoms with E-state index >= 15 is 0 Å². The van der Waals surface area contributed by atoms with Gasteiger partial charge in [-0.15, -0.1) is 0 Å². The predicted octanol–water partition coefficient (Wildman–Crippen LogP) is 3.22. The fraction of sp³-hybridized carbons (Fsp3) is 0.375. The van der Waals surface area contributed by atoms with E-state index in [4.69, 9.17) is 9.84 Å². The summed E-state index contributed by atoms with van der Waals surface area (Å²) in [6.07, 6.45) is 2.19. The molecule has 0 radical (unpaired) electrons. The maximum Gasteiger partial charge on any atom is 0.407 e. The summed E-state index contributed by atoms with van der Waals surface area (Å²) >= 11 is 0. The summed E-state index contributed by atoms with van der Waals surface area (Å²) in [5, 5.41) is 11.4. The summed E-state index contributed by atoms with van der Waals surface area (Å²) in [7, 11) is 0. The summed E-state index contributed by atoms with van der Waals surface area (Å²) in [6.45, 7) is -0.0524. The van der Waals surface area contributed by atoms with Crippen molar-refractivity contribution in [1.29, 1.82) is 0 Å². The zero-order valence-corrected chi connectivity index (χ0v) is 17.6. The van der Waals surface area contributed by atoms with Crippen LogP contribution in [0.5, 0.6) is 0 Å². The van der Waals surface area contributed by atoms with Gasteiger partial charge in [-0.05, 0) is 40.5 Å². The molecule has 0 heterocycles. The van der Waals surface area contributed by atoms with Gasteiger partial charge in [0.1, 0.15) is 6.61 Å². The largest absolute Gasteiger partial charge is 0.479 e. The van der Waals surface area contributed by atoms with Gasteiger partial charge in [0.25, 0.3) is 0 Å². The SMILES string of the molecule is O=C(O)CONC(=O)CC1(CNC(=O)OCC2c3ccccc3-c3ccccc32)CCC1.